The van der Waals surface area contributed by atoms with Crippen LogP contribution in [0.4, 0.5) is 5.69 Å². The Balaban J connectivity index is 1.36. The van der Waals surface area contributed by atoms with Crippen molar-refractivity contribution in [3.8, 4) is 0 Å². The average Bonchev–Trinajstić information content (AvgIpc) is 3.07. The van der Waals surface area contributed by atoms with Crippen molar-refractivity contribution in [3.05, 3.63) is 60.4 Å². The fourth-order valence-corrected chi connectivity index (χ4v) is 3.34. The summed E-state index contributed by atoms with van der Waals surface area (Å²) in [5.41, 5.74) is 9.73. The molecule has 1 aromatic heterocycles. The van der Waals surface area contributed by atoms with E-state index in [1.54, 1.807) is 0 Å². The lowest BCUT2D eigenvalue weighted by atomic mass is 10.2. The van der Waals surface area contributed by atoms with Gasteiger partial charge in [-0.25, -0.2) is 4.98 Å². The quantitative estimate of drug-likeness (QED) is 0.774. The largest absolute Gasteiger partial charge is 0.369 e. The third-order valence-corrected chi connectivity index (χ3v) is 4.71. The zero-order valence-corrected chi connectivity index (χ0v) is 13.7. The van der Waals surface area contributed by atoms with Gasteiger partial charge in [0.15, 0.2) is 0 Å². The van der Waals surface area contributed by atoms with Crippen molar-refractivity contribution in [2.75, 3.05) is 37.6 Å². The normalized spacial score (nSPS) is 17.3. The minimum atomic E-state index is -0.0827. The number of hydrogen-bond acceptors (Lipinski definition) is 4. The van der Waals surface area contributed by atoms with Crippen LogP contribution in [0.2, 0.25) is 0 Å². The molecule has 5 nitrogen and oxygen atoms in total. The lowest BCUT2D eigenvalue weighted by Crippen LogP contribution is -2.48. The first-order valence-electron chi connectivity index (χ1n) is 8.52. The molecule has 0 radical (unpaired) electrons. The van der Waals surface area contributed by atoms with Gasteiger partial charge in [0, 0.05) is 38.4 Å². The van der Waals surface area contributed by atoms with Gasteiger partial charge < -0.3 is 15.6 Å². The van der Waals surface area contributed by atoms with Crippen molar-refractivity contribution in [3.63, 3.8) is 0 Å². The fraction of sp³-hybridized carbons (Fsp3) is 0.316. The number of H-pyrrole nitrogens is 1. The lowest BCUT2D eigenvalue weighted by molar-refractivity contribution is 0.241. The van der Waals surface area contributed by atoms with Gasteiger partial charge in [0.1, 0.15) is 5.82 Å². The van der Waals surface area contributed by atoms with Gasteiger partial charge in [-0.05, 0) is 24.3 Å². The molecule has 0 amide bonds. The van der Waals surface area contributed by atoms with Crippen molar-refractivity contribution in [1.29, 1.82) is 0 Å². The Morgan fingerprint density at radius 1 is 0.958 bits per heavy atom. The number of nitrogens with two attached hydrogens (primary N) is 1. The number of hydrogen-bond donors (Lipinski definition) is 2. The van der Waals surface area contributed by atoms with Crippen LogP contribution in [-0.2, 0) is 0 Å². The van der Waals surface area contributed by atoms with Crippen LogP contribution in [0.25, 0.3) is 11.0 Å². The van der Waals surface area contributed by atoms with Crippen LogP contribution in [0, 0.1) is 0 Å². The smallest absolute Gasteiger partial charge is 0.125 e. The summed E-state index contributed by atoms with van der Waals surface area (Å²) < 4.78 is 0. The average molecular weight is 321 g/mol. The number of aromatic nitrogens is 2. The molecule has 0 spiro atoms. The van der Waals surface area contributed by atoms with E-state index in [-0.39, 0.29) is 6.04 Å². The molecule has 4 rings (SSSR count). The summed E-state index contributed by atoms with van der Waals surface area (Å²) >= 11 is 0. The first-order chi connectivity index (χ1) is 11.8. The number of imidazole rings is 1. The molecule has 3 aromatic rings. The number of para-hydroxylation sites is 3. The van der Waals surface area contributed by atoms with Crippen LogP contribution in [0.15, 0.2) is 54.6 Å². The predicted molar refractivity (Wildman–Crippen MR) is 98.1 cm³/mol. The highest BCUT2D eigenvalue weighted by atomic mass is 15.3. The number of nitrogens with one attached hydrogen (secondary N) is 1. The van der Waals surface area contributed by atoms with E-state index >= 15 is 0 Å². The Kier molecular flexibility index (Phi) is 4.19. The van der Waals surface area contributed by atoms with Crippen LogP contribution in [-0.4, -0.2) is 47.6 Å². The Morgan fingerprint density at radius 3 is 2.42 bits per heavy atom. The van der Waals surface area contributed by atoms with Gasteiger partial charge in [-0.2, -0.15) is 0 Å². The first-order valence-corrected chi connectivity index (χ1v) is 8.52. The molecular formula is C19H23N5. The Morgan fingerprint density at radius 2 is 1.67 bits per heavy atom. The number of anilines is 1. The van der Waals surface area contributed by atoms with Gasteiger partial charge in [-0.15, -0.1) is 0 Å². The van der Waals surface area contributed by atoms with Gasteiger partial charge in [-0.1, -0.05) is 30.3 Å². The van der Waals surface area contributed by atoms with Crippen molar-refractivity contribution < 1.29 is 0 Å². The summed E-state index contributed by atoms with van der Waals surface area (Å²) in [6.45, 7) is 4.97. The van der Waals surface area contributed by atoms with Crippen LogP contribution in [0.1, 0.15) is 11.9 Å². The summed E-state index contributed by atoms with van der Waals surface area (Å²) in [4.78, 5) is 12.8. The molecule has 1 saturated heterocycles. The van der Waals surface area contributed by atoms with Crippen LogP contribution in [0.3, 0.4) is 0 Å². The molecule has 0 aliphatic carbocycles. The highest BCUT2D eigenvalue weighted by Gasteiger charge is 2.20. The Labute approximate surface area is 142 Å². The van der Waals surface area contributed by atoms with Crippen molar-refractivity contribution in [2.24, 2.45) is 5.73 Å². The molecular weight excluding hydrogens is 298 g/mol. The Hall–Kier alpha value is -2.37. The van der Waals surface area contributed by atoms with E-state index in [1.807, 2.05) is 24.3 Å². The number of nitrogens with zero attached hydrogens (tertiary/aromatic N) is 3. The van der Waals surface area contributed by atoms with Gasteiger partial charge in [0.2, 0.25) is 0 Å². The number of piperazine rings is 1. The molecule has 1 unspecified atom stereocenters. The SMILES string of the molecule is NC(CN1CCN(c2ccccc2)CC1)c1nc2ccccc2[nH]1. The molecule has 0 bridgehead atoms. The maximum absolute atomic E-state index is 6.39. The van der Waals surface area contributed by atoms with Crippen molar-refractivity contribution in [1.82, 2.24) is 14.9 Å². The number of fused-ring (bicyclic) bond motifs is 1. The van der Waals surface area contributed by atoms with Gasteiger partial charge in [-0.3, -0.25) is 4.90 Å². The van der Waals surface area contributed by atoms with E-state index in [1.165, 1.54) is 5.69 Å². The van der Waals surface area contributed by atoms with E-state index in [0.717, 1.165) is 49.6 Å². The second-order valence-electron chi connectivity index (χ2n) is 6.37. The number of aromatic amines is 1. The van der Waals surface area contributed by atoms with Gasteiger partial charge in [0.25, 0.3) is 0 Å². The van der Waals surface area contributed by atoms with Crippen LogP contribution in [0.5, 0.6) is 0 Å². The first kappa shape index (κ1) is 15.2. The van der Waals surface area contributed by atoms with Crippen molar-refractivity contribution in [2.45, 2.75) is 6.04 Å². The van der Waals surface area contributed by atoms with E-state index in [4.69, 9.17) is 5.73 Å². The minimum absolute atomic E-state index is 0.0827. The molecule has 1 aliphatic heterocycles. The topological polar surface area (TPSA) is 61.2 Å². The van der Waals surface area contributed by atoms with Gasteiger partial charge >= 0.3 is 0 Å². The summed E-state index contributed by atoms with van der Waals surface area (Å²) in [5, 5.41) is 0. The zero-order chi connectivity index (χ0) is 16.4. The standard InChI is InChI=1S/C19H23N5/c20-16(19-21-17-8-4-5-9-18(17)22-19)14-23-10-12-24(13-11-23)15-6-2-1-3-7-15/h1-9,16H,10-14,20H2,(H,21,22). The molecule has 2 heterocycles. The monoisotopic (exact) mass is 321 g/mol. The minimum Gasteiger partial charge on any atom is -0.369 e. The molecule has 124 valence electrons. The number of benzene rings is 2. The maximum Gasteiger partial charge on any atom is 0.125 e. The van der Waals surface area contributed by atoms with E-state index in [9.17, 15) is 0 Å². The Bertz CT molecular complexity index is 757. The summed E-state index contributed by atoms with van der Waals surface area (Å²) in [6, 6.07) is 18.6. The molecule has 5 heteroatoms. The molecule has 24 heavy (non-hydrogen) atoms. The second kappa shape index (κ2) is 6.63. The maximum atomic E-state index is 6.39. The zero-order valence-electron chi connectivity index (χ0n) is 13.7. The van der Waals surface area contributed by atoms with Crippen molar-refractivity contribution >= 4 is 16.7 Å². The van der Waals surface area contributed by atoms with E-state index in [2.05, 4.69) is 50.1 Å². The molecule has 1 atom stereocenters. The molecule has 1 aliphatic rings. The fourth-order valence-electron chi connectivity index (χ4n) is 3.34. The molecule has 1 fully saturated rings. The van der Waals surface area contributed by atoms with Crippen LogP contribution >= 0.6 is 0 Å². The summed E-state index contributed by atoms with van der Waals surface area (Å²) in [6.07, 6.45) is 0. The summed E-state index contributed by atoms with van der Waals surface area (Å²) in [7, 11) is 0. The van der Waals surface area contributed by atoms with Crippen LogP contribution < -0.4 is 10.6 Å². The molecule has 3 N–H and O–H groups in total. The third kappa shape index (κ3) is 3.13. The third-order valence-electron chi connectivity index (χ3n) is 4.71. The van der Waals surface area contributed by atoms with E-state index < -0.39 is 0 Å². The molecule has 0 saturated carbocycles. The lowest BCUT2D eigenvalue weighted by Gasteiger charge is -2.36. The molecule has 2 aromatic carbocycles. The summed E-state index contributed by atoms with van der Waals surface area (Å²) in [5.74, 6) is 0.877. The van der Waals surface area contributed by atoms with E-state index in [0.29, 0.717) is 0 Å². The second-order valence-corrected chi connectivity index (χ2v) is 6.37. The predicted octanol–water partition coefficient (Wildman–Crippen LogP) is 2.38. The highest BCUT2D eigenvalue weighted by Crippen LogP contribution is 2.18. The van der Waals surface area contributed by atoms with Gasteiger partial charge in [0.05, 0.1) is 17.1 Å². The number of rotatable bonds is 4. The highest BCUT2D eigenvalue weighted by molar-refractivity contribution is 5.74.